The maximum absolute atomic E-state index is 13.3. The van der Waals surface area contributed by atoms with Crippen LogP contribution >= 0.6 is 22.7 Å². The molecule has 1 N–H and O–H groups in total. The highest BCUT2D eigenvalue weighted by Crippen LogP contribution is 2.44. The highest BCUT2D eigenvalue weighted by atomic mass is 32.1. The number of carbonyl (C=O) groups is 2. The summed E-state index contributed by atoms with van der Waals surface area (Å²) in [4.78, 5) is 37.5. The topological polar surface area (TPSA) is 83.4 Å². The van der Waals surface area contributed by atoms with Gasteiger partial charge in [-0.25, -0.2) is 4.98 Å². The number of ketones is 1. The zero-order valence-corrected chi connectivity index (χ0v) is 19.9. The van der Waals surface area contributed by atoms with Gasteiger partial charge >= 0.3 is 0 Å². The number of hydrogen-bond donors (Lipinski definition) is 1. The molecule has 5 rings (SSSR count). The van der Waals surface area contributed by atoms with Gasteiger partial charge < -0.3 is 5.11 Å². The molecule has 1 aliphatic heterocycles. The molecule has 0 bridgehead atoms. The van der Waals surface area contributed by atoms with Gasteiger partial charge in [-0.2, -0.15) is 0 Å². The van der Waals surface area contributed by atoms with Gasteiger partial charge in [0.1, 0.15) is 6.04 Å². The van der Waals surface area contributed by atoms with Crippen LogP contribution in [-0.4, -0.2) is 26.8 Å². The molecule has 0 radical (unpaired) electrons. The lowest BCUT2D eigenvalue weighted by Gasteiger charge is -2.23. The molecule has 8 heteroatoms. The van der Waals surface area contributed by atoms with Crippen LogP contribution in [0.2, 0.25) is 0 Å². The normalized spacial score (nSPS) is 16.8. The number of aliphatic hydroxyl groups is 1. The number of pyridine rings is 1. The van der Waals surface area contributed by atoms with Crippen molar-refractivity contribution in [1.29, 1.82) is 0 Å². The molecule has 0 spiro atoms. The number of aliphatic hydroxyl groups excluding tert-OH is 1. The first-order valence-corrected chi connectivity index (χ1v) is 12.1. The van der Waals surface area contributed by atoms with Gasteiger partial charge in [0.2, 0.25) is 5.78 Å². The summed E-state index contributed by atoms with van der Waals surface area (Å²) >= 11 is 2.62. The van der Waals surface area contributed by atoms with Crippen molar-refractivity contribution in [2.75, 3.05) is 4.90 Å². The molecule has 1 aliphatic rings. The fourth-order valence-electron chi connectivity index (χ4n) is 3.87. The van der Waals surface area contributed by atoms with Gasteiger partial charge in [0, 0.05) is 6.20 Å². The first-order valence-electron chi connectivity index (χ1n) is 10.4. The van der Waals surface area contributed by atoms with E-state index in [1.54, 1.807) is 41.9 Å². The first-order chi connectivity index (χ1) is 15.8. The standard InChI is InChI=1S/C25H21N3O3S2/c1-25(2,3)14-9-10-15-18(13-14)33-24(27-15)28-20(16-7-4-5-11-26-16)19(22(30)23(28)31)21(29)17-8-6-12-32-17/h4-13,20,30H,1-3H3. The number of amides is 1. The number of Topliss-reactive ketones (excluding diaryl/α,β-unsaturated/α-hetero) is 1. The number of anilines is 1. The van der Waals surface area contributed by atoms with Gasteiger partial charge in [-0.05, 0) is 46.7 Å². The van der Waals surface area contributed by atoms with Crippen LogP contribution in [0.3, 0.4) is 0 Å². The number of rotatable bonds is 4. The minimum Gasteiger partial charge on any atom is -0.503 e. The molecule has 4 aromatic rings. The van der Waals surface area contributed by atoms with E-state index in [-0.39, 0.29) is 16.8 Å². The maximum Gasteiger partial charge on any atom is 0.296 e. The summed E-state index contributed by atoms with van der Waals surface area (Å²) in [5.41, 5.74) is 2.40. The number of aromatic nitrogens is 2. The molecule has 1 aromatic carbocycles. The average Bonchev–Trinajstić information content (AvgIpc) is 3.52. The van der Waals surface area contributed by atoms with E-state index in [0.29, 0.717) is 15.7 Å². The van der Waals surface area contributed by atoms with Gasteiger partial charge in [0.25, 0.3) is 5.91 Å². The number of carbonyl (C=O) groups excluding carboxylic acids is 2. The number of thiazole rings is 1. The molecular formula is C25H21N3O3S2. The minimum atomic E-state index is -0.865. The Kier molecular flexibility index (Phi) is 5.14. The third-order valence-electron chi connectivity index (χ3n) is 5.61. The second-order valence-electron chi connectivity index (χ2n) is 8.83. The molecule has 0 aliphatic carbocycles. The second kappa shape index (κ2) is 7.90. The Morgan fingerprint density at radius 2 is 1.94 bits per heavy atom. The Labute approximate surface area is 198 Å². The van der Waals surface area contributed by atoms with E-state index in [2.05, 4.69) is 36.8 Å². The first kappa shape index (κ1) is 21.5. The van der Waals surface area contributed by atoms with Crippen LogP contribution in [0, 0.1) is 0 Å². The van der Waals surface area contributed by atoms with E-state index >= 15 is 0 Å². The van der Waals surface area contributed by atoms with Crippen molar-refractivity contribution in [3.63, 3.8) is 0 Å². The molecule has 1 unspecified atom stereocenters. The lowest BCUT2D eigenvalue weighted by Crippen LogP contribution is -2.31. The maximum atomic E-state index is 13.3. The fraction of sp³-hybridized carbons (Fsp3) is 0.200. The van der Waals surface area contributed by atoms with Crippen LogP contribution in [0.15, 0.2) is 71.4 Å². The van der Waals surface area contributed by atoms with E-state index in [1.807, 2.05) is 12.1 Å². The van der Waals surface area contributed by atoms with E-state index in [0.717, 1.165) is 15.8 Å². The lowest BCUT2D eigenvalue weighted by atomic mass is 9.87. The molecule has 166 valence electrons. The van der Waals surface area contributed by atoms with Crippen LogP contribution in [0.1, 0.15) is 47.7 Å². The minimum absolute atomic E-state index is 0.0239. The van der Waals surface area contributed by atoms with Crippen molar-refractivity contribution >= 4 is 49.7 Å². The van der Waals surface area contributed by atoms with E-state index in [4.69, 9.17) is 0 Å². The van der Waals surface area contributed by atoms with Crippen molar-refractivity contribution in [3.8, 4) is 0 Å². The fourth-order valence-corrected chi connectivity index (χ4v) is 5.58. The van der Waals surface area contributed by atoms with Crippen molar-refractivity contribution in [1.82, 2.24) is 9.97 Å². The van der Waals surface area contributed by atoms with Crippen LogP contribution in [0.4, 0.5) is 5.13 Å². The number of thiophene rings is 1. The summed E-state index contributed by atoms with van der Waals surface area (Å²) in [6.45, 7) is 6.42. The second-order valence-corrected chi connectivity index (χ2v) is 10.8. The van der Waals surface area contributed by atoms with Crippen molar-refractivity contribution in [3.05, 3.63) is 87.6 Å². The van der Waals surface area contributed by atoms with E-state index in [1.165, 1.54) is 27.6 Å². The Morgan fingerprint density at radius 1 is 1.12 bits per heavy atom. The molecule has 0 saturated carbocycles. The van der Waals surface area contributed by atoms with Gasteiger partial charge in [-0.1, -0.05) is 50.3 Å². The number of fused-ring (bicyclic) bond motifs is 1. The van der Waals surface area contributed by atoms with Crippen molar-refractivity contribution < 1.29 is 14.7 Å². The molecule has 3 aromatic heterocycles. The Hall–Kier alpha value is -3.36. The molecule has 4 heterocycles. The van der Waals surface area contributed by atoms with Crippen LogP contribution in [0.25, 0.3) is 10.2 Å². The summed E-state index contributed by atoms with van der Waals surface area (Å²) in [5, 5.41) is 13.0. The average molecular weight is 476 g/mol. The number of nitrogens with zero attached hydrogens (tertiary/aromatic N) is 3. The summed E-state index contributed by atoms with van der Waals surface area (Å²) in [7, 11) is 0. The Morgan fingerprint density at radius 3 is 2.61 bits per heavy atom. The number of benzene rings is 1. The molecule has 1 amide bonds. The van der Waals surface area contributed by atoms with E-state index in [9.17, 15) is 14.7 Å². The molecule has 33 heavy (non-hydrogen) atoms. The Balaban J connectivity index is 1.65. The highest BCUT2D eigenvalue weighted by molar-refractivity contribution is 7.22. The monoisotopic (exact) mass is 475 g/mol. The largest absolute Gasteiger partial charge is 0.503 e. The van der Waals surface area contributed by atoms with Crippen LogP contribution in [-0.2, 0) is 10.2 Å². The van der Waals surface area contributed by atoms with Crippen LogP contribution < -0.4 is 4.90 Å². The highest BCUT2D eigenvalue weighted by Gasteiger charge is 2.46. The summed E-state index contributed by atoms with van der Waals surface area (Å²) in [6, 6.07) is 13.9. The quantitative estimate of drug-likeness (QED) is 0.375. The predicted octanol–water partition coefficient (Wildman–Crippen LogP) is 5.83. The summed E-state index contributed by atoms with van der Waals surface area (Å²) in [5.74, 6) is -1.59. The Bertz CT molecular complexity index is 1400. The zero-order chi connectivity index (χ0) is 23.3. The SMILES string of the molecule is CC(C)(C)c1ccc2nc(N3C(=O)C(O)=C(C(=O)c4cccs4)C3c3ccccn3)sc2c1. The number of hydrogen-bond acceptors (Lipinski definition) is 7. The van der Waals surface area contributed by atoms with Gasteiger partial charge in [-0.15, -0.1) is 11.3 Å². The zero-order valence-electron chi connectivity index (χ0n) is 18.3. The summed E-state index contributed by atoms with van der Waals surface area (Å²) < 4.78 is 0.933. The molecular weight excluding hydrogens is 454 g/mol. The molecule has 0 fully saturated rings. The smallest absolute Gasteiger partial charge is 0.296 e. The van der Waals surface area contributed by atoms with Gasteiger partial charge in [0.15, 0.2) is 10.9 Å². The molecule has 0 saturated heterocycles. The third kappa shape index (κ3) is 3.65. The predicted molar refractivity (Wildman–Crippen MR) is 131 cm³/mol. The van der Waals surface area contributed by atoms with Gasteiger partial charge in [-0.3, -0.25) is 19.5 Å². The molecule has 6 nitrogen and oxygen atoms in total. The lowest BCUT2D eigenvalue weighted by molar-refractivity contribution is -0.117. The summed E-state index contributed by atoms with van der Waals surface area (Å²) in [6.07, 6.45) is 1.61. The van der Waals surface area contributed by atoms with E-state index < -0.39 is 17.7 Å². The van der Waals surface area contributed by atoms with Gasteiger partial charge in [0.05, 0.1) is 26.4 Å². The third-order valence-corrected chi connectivity index (χ3v) is 7.50. The van der Waals surface area contributed by atoms with Crippen LogP contribution in [0.5, 0.6) is 0 Å². The molecule has 1 atom stereocenters. The van der Waals surface area contributed by atoms with Crippen molar-refractivity contribution in [2.24, 2.45) is 0 Å². The van der Waals surface area contributed by atoms with Crippen molar-refractivity contribution in [2.45, 2.75) is 32.2 Å².